The molecule has 0 saturated carbocycles. The van der Waals surface area contributed by atoms with Crippen LogP contribution in [0.2, 0.25) is 0 Å². The number of thiophene rings is 1. The fourth-order valence-corrected chi connectivity index (χ4v) is 3.36. The van der Waals surface area contributed by atoms with Gasteiger partial charge in [0.2, 0.25) is 0 Å². The van der Waals surface area contributed by atoms with Crippen LogP contribution in [0.25, 0.3) is 10.6 Å². The molecule has 2 rings (SSSR count). The van der Waals surface area contributed by atoms with Crippen molar-refractivity contribution in [2.45, 2.75) is 6.54 Å². The molecule has 0 N–H and O–H groups in total. The van der Waals surface area contributed by atoms with E-state index in [2.05, 4.69) is 27.1 Å². The number of hydrogen-bond acceptors (Lipinski definition) is 6. The van der Waals surface area contributed by atoms with Crippen molar-refractivity contribution in [3.63, 3.8) is 0 Å². The van der Waals surface area contributed by atoms with Gasteiger partial charge in [-0.2, -0.15) is 11.3 Å². The first-order valence-corrected chi connectivity index (χ1v) is 8.33. The molecule has 0 bridgehead atoms. The average Bonchev–Trinajstić information content (AvgIpc) is 3.12. The summed E-state index contributed by atoms with van der Waals surface area (Å²) in [5.74, 6) is 0. The van der Waals surface area contributed by atoms with E-state index in [0.717, 1.165) is 43.5 Å². The third-order valence-electron chi connectivity index (χ3n) is 2.93. The van der Waals surface area contributed by atoms with E-state index in [1.807, 2.05) is 0 Å². The van der Waals surface area contributed by atoms with Gasteiger partial charge in [-0.05, 0) is 11.4 Å². The van der Waals surface area contributed by atoms with Crippen LogP contribution in [0.1, 0.15) is 5.69 Å². The van der Waals surface area contributed by atoms with Gasteiger partial charge in [-0.1, -0.05) is 0 Å². The summed E-state index contributed by atoms with van der Waals surface area (Å²) < 4.78 is 10.3. The van der Waals surface area contributed by atoms with E-state index in [9.17, 15) is 0 Å². The first-order chi connectivity index (χ1) is 9.83. The van der Waals surface area contributed by atoms with E-state index in [1.165, 1.54) is 5.56 Å². The second kappa shape index (κ2) is 8.49. The Labute approximate surface area is 128 Å². The maximum Gasteiger partial charge on any atom is 0.124 e. The molecule has 4 nitrogen and oxygen atoms in total. The van der Waals surface area contributed by atoms with Gasteiger partial charge < -0.3 is 9.47 Å². The lowest BCUT2D eigenvalue weighted by molar-refractivity contribution is 0.109. The highest BCUT2D eigenvalue weighted by molar-refractivity contribution is 7.14. The third kappa shape index (κ3) is 4.64. The zero-order valence-electron chi connectivity index (χ0n) is 11.9. The average molecular weight is 312 g/mol. The van der Waals surface area contributed by atoms with Gasteiger partial charge in [-0.3, -0.25) is 4.90 Å². The topological polar surface area (TPSA) is 34.6 Å². The van der Waals surface area contributed by atoms with Gasteiger partial charge in [0.25, 0.3) is 0 Å². The molecule has 110 valence electrons. The van der Waals surface area contributed by atoms with Crippen LogP contribution in [0.3, 0.4) is 0 Å². The highest BCUT2D eigenvalue weighted by Gasteiger charge is 2.10. The molecule has 0 saturated heterocycles. The van der Waals surface area contributed by atoms with Crippen LogP contribution >= 0.6 is 22.7 Å². The van der Waals surface area contributed by atoms with E-state index < -0.39 is 0 Å². The zero-order chi connectivity index (χ0) is 14.2. The Balaban J connectivity index is 1.95. The van der Waals surface area contributed by atoms with Crippen LogP contribution in [0.5, 0.6) is 0 Å². The van der Waals surface area contributed by atoms with Crippen LogP contribution in [-0.2, 0) is 16.0 Å². The first-order valence-electron chi connectivity index (χ1n) is 6.50. The molecule has 0 aliphatic rings. The Morgan fingerprint density at radius 3 is 2.50 bits per heavy atom. The second-order valence-corrected chi connectivity index (χ2v) is 6.06. The normalized spacial score (nSPS) is 11.3. The van der Waals surface area contributed by atoms with Crippen molar-refractivity contribution in [3.8, 4) is 10.6 Å². The maximum absolute atomic E-state index is 5.16. The fraction of sp³-hybridized carbons (Fsp3) is 0.500. The van der Waals surface area contributed by atoms with E-state index >= 15 is 0 Å². The molecule has 20 heavy (non-hydrogen) atoms. The highest BCUT2D eigenvalue weighted by Crippen LogP contribution is 2.26. The van der Waals surface area contributed by atoms with Crippen molar-refractivity contribution >= 4 is 22.7 Å². The van der Waals surface area contributed by atoms with Gasteiger partial charge in [0, 0.05) is 50.2 Å². The standard InChI is InChI=1S/C14H20N2O2S2/c1-17-6-4-16(5-7-18-2)9-13-11-20-14(15-13)12-3-8-19-10-12/h3,8,10-11H,4-7,9H2,1-2H3. The number of rotatable bonds is 9. The van der Waals surface area contributed by atoms with Crippen molar-refractivity contribution in [2.75, 3.05) is 40.5 Å². The van der Waals surface area contributed by atoms with E-state index in [-0.39, 0.29) is 0 Å². The number of aromatic nitrogens is 1. The molecule has 0 aromatic carbocycles. The van der Waals surface area contributed by atoms with E-state index in [0.29, 0.717) is 0 Å². The van der Waals surface area contributed by atoms with Crippen molar-refractivity contribution in [3.05, 3.63) is 27.9 Å². The SMILES string of the molecule is COCCN(CCOC)Cc1csc(-c2ccsc2)n1. The lowest BCUT2D eigenvalue weighted by Crippen LogP contribution is -2.30. The molecule has 2 aromatic heterocycles. The largest absolute Gasteiger partial charge is 0.383 e. The monoisotopic (exact) mass is 312 g/mol. The molecule has 6 heteroatoms. The van der Waals surface area contributed by atoms with Gasteiger partial charge in [0.15, 0.2) is 0 Å². The van der Waals surface area contributed by atoms with Crippen molar-refractivity contribution < 1.29 is 9.47 Å². The Bertz CT molecular complexity index is 477. The molecule has 0 aliphatic heterocycles. The molecule has 0 unspecified atom stereocenters. The van der Waals surface area contributed by atoms with E-state index in [4.69, 9.17) is 14.5 Å². The number of ether oxygens (including phenoxy) is 2. The number of thiazole rings is 1. The third-order valence-corrected chi connectivity index (χ3v) is 4.55. The minimum atomic E-state index is 0.727. The van der Waals surface area contributed by atoms with Crippen LogP contribution in [0.15, 0.2) is 22.2 Å². The summed E-state index contributed by atoms with van der Waals surface area (Å²) >= 11 is 3.41. The predicted octanol–water partition coefficient (Wildman–Crippen LogP) is 2.97. The molecule has 0 aliphatic carbocycles. The molecule has 0 amide bonds. The minimum absolute atomic E-state index is 0.727. The van der Waals surface area contributed by atoms with Crippen LogP contribution in [0.4, 0.5) is 0 Å². The van der Waals surface area contributed by atoms with Crippen molar-refractivity contribution in [1.29, 1.82) is 0 Å². The highest BCUT2D eigenvalue weighted by atomic mass is 32.1. The Kier molecular flexibility index (Phi) is 6.62. The second-order valence-electron chi connectivity index (χ2n) is 4.42. The van der Waals surface area contributed by atoms with Crippen LogP contribution in [-0.4, -0.2) is 50.4 Å². The predicted molar refractivity (Wildman–Crippen MR) is 84.5 cm³/mol. The molecular formula is C14H20N2O2S2. The molecule has 0 spiro atoms. The molecule has 2 heterocycles. The van der Waals surface area contributed by atoms with Gasteiger partial charge in [-0.15, -0.1) is 11.3 Å². The molecule has 0 fully saturated rings. The summed E-state index contributed by atoms with van der Waals surface area (Å²) in [6.45, 7) is 4.08. The molecule has 0 radical (unpaired) electrons. The summed E-state index contributed by atoms with van der Waals surface area (Å²) in [7, 11) is 3.46. The summed E-state index contributed by atoms with van der Waals surface area (Å²) in [6, 6.07) is 2.11. The Hall–Kier alpha value is -0.790. The summed E-state index contributed by atoms with van der Waals surface area (Å²) in [4.78, 5) is 7.02. The Morgan fingerprint density at radius 1 is 1.15 bits per heavy atom. The van der Waals surface area contributed by atoms with Crippen LogP contribution < -0.4 is 0 Å². The maximum atomic E-state index is 5.16. The van der Waals surface area contributed by atoms with Gasteiger partial charge in [0.1, 0.15) is 5.01 Å². The minimum Gasteiger partial charge on any atom is -0.383 e. The summed E-state index contributed by atoms with van der Waals surface area (Å²) in [5, 5.41) is 7.45. The Morgan fingerprint density at radius 2 is 1.90 bits per heavy atom. The molecular weight excluding hydrogens is 292 g/mol. The lowest BCUT2D eigenvalue weighted by atomic mass is 10.3. The van der Waals surface area contributed by atoms with Gasteiger partial charge >= 0.3 is 0 Å². The van der Waals surface area contributed by atoms with Crippen molar-refractivity contribution in [2.24, 2.45) is 0 Å². The lowest BCUT2D eigenvalue weighted by Gasteiger charge is -2.20. The summed E-state index contributed by atoms with van der Waals surface area (Å²) in [5.41, 5.74) is 2.33. The van der Waals surface area contributed by atoms with Crippen molar-refractivity contribution in [1.82, 2.24) is 9.88 Å². The van der Waals surface area contributed by atoms with Gasteiger partial charge in [0.05, 0.1) is 18.9 Å². The smallest absolute Gasteiger partial charge is 0.124 e. The number of hydrogen-bond donors (Lipinski definition) is 0. The molecule has 2 aromatic rings. The van der Waals surface area contributed by atoms with E-state index in [1.54, 1.807) is 36.9 Å². The zero-order valence-corrected chi connectivity index (χ0v) is 13.5. The van der Waals surface area contributed by atoms with Crippen LogP contribution in [0, 0.1) is 0 Å². The van der Waals surface area contributed by atoms with Gasteiger partial charge in [-0.25, -0.2) is 4.98 Å². The number of nitrogens with zero attached hydrogens (tertiary/aromatic N) is 2. The summed E-state index contributed by atoms with van der Waals surface area (Å²) in [6.07, 6.45) is 0. The first kappa shape index (κ1) is 15.6. The fourth-order valence-electron chi connectivity index (χ4n) is 1.84. The molecule has 0 atom stereocenters. The number of methoxy groups -OCH3 is 2. The quantitative estimate of drug-likeness (QED) is 0.713.